The number of nitrogens with one attached hydrogen (secondary N) is 1. The molecule has 3 rings (SSSR count). The van der Waals surface area contributed by atoms with Crippen LogP contribution in [0.3, 0.4) is 0 Å². The second-order valence-corrected chi connectivity index (χ2v) is 4.18. The Morgan fingerprint density at radius 3 is 2.65 bits per heavy atom. The van der Waals surface area contributed by atoms with Crippen molar-refractivity contribution in [3.8, 4) is 11.3 Å². The fourth-order valence-electron chi connectivity index (χ4n) is 1.88. The van der Waals surface area contributed by atoms with Crippen LogP contribution >= 0.6 is 0 Å². The molecule has 1 aromatic carbocycles. The van der Waals surface area contributed by atoms with Crippen LogP contribution in [-0.4, -0.2) is 34.1 Å². The molecule has 1 N–H and O–H groups in total. The number of likely N-dealkylation sites (tertiary alicyclic amines) is 1. The number of aromatic amines is 1. The lowest BCUT2D eigenvalue weighted by Gasteiger charge is -2.30. The van der Waals surface area contributed by atoms with Gasteiger partial charge in [0.05, 0.1) is 5.69 Å². The summed E-state index contributed by atoms with van der Waals surface area (Å²) in [7, 11) is 0. The second-order valence-electron chi connectivity index (χ2n) is 4.18. The van der Waals surface area contributed by atoms with Gasteiger partial charge in [-0.25, -0.2) is 0 Å². The van der Waals surface area contributed by atoms with Crippen molar-refractivity contribution in [2.75, 3.05) is 13.1 Å². The minimum Gasteiger partial charge on any atom is -0.337 e. The molecule has 1 fully saturated rings. The molecule has 4 heteroatoms. The highest BCUT2D eigenvalue weighted by molar-refractivity contribution is 5.93. The Morgan fingerprint density at radius 2 is 2.00 bits per heavy atom. The minimum absolute atomic E-state index is 0.0472. The van der Waals surface area contributed by atoms with Crippen LogP contribution in [0.2, 0.25) is 0 Å². The van der Waals surface area contributed by atoms with Gasteiger partial charge in [-0.05, 0) is 12.5 Å². The first-order valence-electron chi connectivity index (χ1n) is 5.75. The Hall–Kier alpha value is -2.10. The summed E-state index contributed by atoms with van der Waals surface area (Å²) in [4.78, 5) is 13.7. The number of H-pyrrole nitrogens is 1. The van der Waals surface area contributed by atoms with Crippen molar-refractivity contribution in [3.63, 3.8) is 0 Å². The van der Waals surface area contributed by atoms with Crippen LogP contribution in [-0.2, 0) is 0 Å². The summed E-state index contributed by atoms with van der Waals surface area (Å²) in [5.41, 5.74) is 2.41. The highest BCUT2D eigenvalue weighted by Crippen LogP contribution is 2.18. The zero-order valence-corrected chi connectivity index (χ0v) is 9.39. The zero-order valence-electron chi connectivity index (χ0n) is 9.39. The van der Waals surface area contributed by atoms with Crippen molar-refractivity contribution in [2.24, 2.45) is 0 Å². The monoisotopic (exact) mass is 227 g/mol. The fourth-order valence-corrected chi connectivity index (χ4v) is 1.88. The van der Waals surface area contributed by atoms with E-state index in [-0.39, 0.29) is 5.91 Å². The molecule has 1 aliphatic rings. The molecular formula is C13H13N3O. The highest BCUT2D eigenvalue weighted by Gasteiger charge is 2.23. The average Bonchev–Trinajstić information content (AvgIpc) is 2.77. The highest BCUT2D eigenvalue weighted by atomic mass is 16.2. The van der Waals surface area contributed by atoms with Crippen LogP contribution in [0.5, 0.6) is 0 Å². The summed E-state index contributed by atoms with van der Waals surface area (Å²) in [6.07, 6.45) is 1.10. The van der Waals surface area contributed by atoms with Gasteiger partial charge in [0.1, 0.15) is 5.69 Å². The molecule has 1 aromatic heterocycles. The molecular weight excluding hydrogens is 214 g/mol. The maximum Gasteiger partial charge on any atom is 0.271 e. The fraction of sp³-hybridized carbons (Fsp3) is 0.231. The maximum atomic E-state index is 11.9. The van der Waals surface area contributed by atoms with Gasteiger partial charge in [-0.3, -0.25) is 9.89 Å². The third kappa shape index (κ3) is 1.82. The van der Waals surface area contributed by atoms with E-state index in [4.69, 9.17) is 0 Å². The van der Waals surface area contributed by atoms with E-state index in [1.807, 2.05) is 41.3 Å². The summed E-state index contributed by atoms with van der Waals surface area (Å²) in [5.74, 6) is 0.0472. The number of hydrogen-bond acceptors (Lipinski definition) is 2. The van der Waals surface area contributed by atoms with E-state index in [1.54, 1.807) is 0 Å². The Kier molecular flexibility index (Phi) is 2.40. The number of hydrogen-bond donors (Lipinski definition) is 1. The molecule has 0 bridgehead atoms. The van der Waals surface area contributed by atoms with Gasteiger partial charge in [-0.15, -0.1) is 0 Å². The van der Waals surface area contributed by atoms with Gasteiger partial charge in [0.2, 0.25) is 0 Å². The average molecular weight is 227 g/mol. The van der Waals surface area contributed by atoms with Gasteiger partial charge in [-0.2, -0.15) is 5.10 Å². The summed E-state index contributed by atoms with van der Waals surface area (Å²) >= 11 is 0. The lowest BCUT2D eigenvalue weighted by atomic mass is 10.1. The summed E-state index contributed by atoms with van der Waals surface area (Å²) in [5, 5.41) is 6.99. The molecule has 0 saturated carbocycles. The standard InChI is InChI=1S/C13H13N3O/c17-13(16-7-4-8-16)12-9-11(14-15-12)10-5-2-1-3-6-10/h1-3,5-6,9H,4,7-8H2,(H,14,15). The van der Waals surface area contributed by atoms with Crippen molar-refractivity contribution in [1.29, 1.82) is 0 Å². The topological polar surface area (TPSA) is 49.0 Å². The Morgan fingerprint density at radius 1 is 1.24 bits per heavy atom. The number of carbonyl (C=O) groups is 1. The van der Waals surface area contributed by atoms with Gasteiger partial charge in [0.15, 0.2) is 0 Å². The third-order valence-electron chi connectivity index (χ3n) is 3.02. The smallest absolute Gasteiger partial charge is 0.271 e. The minimum atomic E-state index is 0.0472. The van der Waals surface area contributed by atoms with Crippen LogP contribution in [0.1, 0.15) is 16.9 Å². The Balaban J connectivity index is 1.85. The molecule has 1 amide bonds. The molecule has 0 unspecified atom stereocenters. The van der Waals surface area contributed by atoms with Crippen LogP contribution in [0.4, 0.5) is 0 Å². The predicted molar refractivity (Wildman–Crippen MR) is 64.5 cm³/mol. The maximum absolute atomic E-state index is 11.9. The first-order chi connectivity index (χ1) is 8.34. The number of nitrogens with zero attached hydrogens (tertiary/aromatic N) is 2. The van der Waals surface area contributed by atoms with Crippen LogP contribution in [0.15, 0.2) is 36.4 Å². The van der Waals surface area contributed by atoms with Gasteiger partial charge in [0, 0.05) is 18.7 Å². The zero-order chi connectivity index (χ0) is 11.7. The SMILES string of the molecule is O=C(c1cc(-c2ccccc2)n[nH]1)N1CCC1. The van der Waals surface area contributed by atoms with Crippen molar-refractivity contribution in [1.82, 2.24) is 15.1 Å². The molecule has 1 aliphatic heterocycles. The molecule has 4 nitrogen and oxygen atoms in total. The van der Waals surface area contributed by atoms with Gasteiger partial charge in [-0.1, -0.05) is 30.3 Å². The molecule has 17 heavy (non-hydrogen) atoms. The van der Waals surface area contributed by atoms with Crippen molar-refractivity contribution in [2.45, 2.75) is 6.42 Å². The number of benzene rings is 1. The van der Waals surface area contributed by atoms with Crippen molar-refractivity contribution < 1.29 is 4.79 Å². The first-order valence-corrected chi connectivity index (χ1v) is 5.75. The first kappa shape index (κ1) is 10.1. The van der Waals surface area contributed by atoms with Crippen LogP contribution in [0, 0.1) is 0 Å². The molecule has 2 heterocycles. The predicted octanol–water partition coefficient (Wildman–Crippen LogP) is 1.92. The van der Waals surface area contributed by atoms with E-state index >= 15 is 0 Å². The van der Waals surface area contributed by atoms with E-state index in [2.05, 4.69) is 10.2 Å². The molecule has 86 valence electrons. The van der Waals surface area contributed by atoms with E-state index in [0.29, 0.717) is 5.69 Å². The molecule has 0 spiro atoms. The van der Waals surface area contributed by atoms with E-state index < -0.39 is 0 Å². The second kappa shape index (κ2) is 4.05. The van der Waals surface area contributed by atoms with E-state index in [0.717, 1.165) is 30.8 Å². The Labute approximate surface area is 99.3 Å². The number of amides is 1. The van der Waals surface area contributed by atoms with Gasteiger partial charge in [0.25, 0.3) is 5.91 Å². The lowest BCUT2D eigenvalue weighted by Crippen LogP contribution is -2.42. The third-order valence-corrected chi connectivity index (χ3v) is 3.02. The van der Waals surface area contributed by atoms with Crippen molar-refractivity contribution >= 4 is 5.91 Å². The summed E-state index contributed by atoms with van der Waals surface area (Å²) < 4.78 is 0. The molecule has 0 radical (unpaired) electrons. The van der Waals surface area contributed by atoms with E-state index in [1.165, 1.54) is 0 Å². The van der Waals surface area contributed by atoms with Gasteiger partial charge < -0.3 is 4.90 Å². The van der Waals surface area contributed by atoms with E-state index in [9.17, 15) is 4.79 Å². The molecule has 0 aliphatic carbocycles. The number of carbonyl (C=O) groups excluding carboxylic acids is 1. The van der Waals surface area contributed by atoms with Gasteiger partial charge >= 0.3 is 0 Å². The van der Waals surface area contributed by atoms with Crippen molar-refractivity contribution in [3.05, 3.63) is 42.1 Å². The molecule has 0 atom stereocenters. The largest absolute Gasteiger partial charge is 0.337 e. The normalized spacial score (nSPS) is 14.5. The Bertz CT molecular complexity index is 529. The summed E-state index contributed by atoms with van der Waals surface area (Å²) in [6.45, 7) is 1.72. The summed E-state index contributed by atoms with van der Waals surface area (Å²) in [6, 6.07) is 11.7. The van der Waals surface area contributed by atoms with Crippen LogP contribution in [0.25, 0.3) is 11.3 Å². The molecule has 2 aromatic rings. The number of rotatable bonds is 2. The lowest BCUT2D eigenvalue weighted by molar-refractivity contribution is 0.0645. The number of aromatic nitrogens is 2. The van der Waals surface area contributed by atoms with Crippen LogP contribution < -0.4 is 0 Å². The molecule has 1 saturated heterocycles. The quantitative estimate of drug-likeness (QED) is 0.852.